The van der Waals surface area contributed by atoms with Crippen LogP contribution >= 0.6 is 11.3 Å². The van der Waals surface area contributed by atoms with E-state index in [1.54, 1.807) is 17.5 Å². The highest BCUT2D eigenvalue weighted by Gasteiger charge is 2.25. The van der Waals surface area contributed by atoms with Crippen LogP contribution in [-0.2, 0) is 0 Å². The molecule has 2 aromatic carbocycles. The number of benzene rings is 2. The minimum atomic E-state index is 0.739. The molecular weight excluding hydrogens is 450 g/mol. The number of nitrogens with zero attached hydrogens (tertiary/aromatic N) is 5. The molecule has 35 heavy (non-hydrogen) atoms. The molecule has 0 bridgehead atoms. The van der Waals surface area contributed by atoms with Gasteiger partial charge in [0.05, 0.1) is 5.39 Å². The molecule has 1 saturated heterocycles. The van der Waals surface area contributed by atoms with Crippen LogP contribution in [-0.4, -0.2) is 41.1 Å². The maximum Gasteiger partial charge on any atom is 0.164 e. The molecule has 0 aliphatic carbocycles. The zero-order valence-corrected chi connectivity index (χ0v) is 20.8. The third-order valence-corrected chi connectivity index (χ3v) is 7.73. The lowest BCUT2D eigenvalue weighted by Crippen LogP contribution is -2.47. The molecule has 6 heteroatoms. The number of hydrogen-bond donors (Lipinski definition) is 0. The molecule has 0 spiro atoms. The Bertz CT molecular complexity index is 1470. The van der Waals surface area contributed by atoms with E-state index in [4.69, 9.17) is 9.97 Å². The van der Waals surface area contributed by atoms with Gasteiger partial charge in [0, 0.05) is 60.3 Å². The van der Waals surface area contributed by atoms with E-state index in [-0.39, 0.29) is 0 Å². The van der Waals surface area contributed by atoms with E-state index in [2.05, 4.69) is 83.2 Å². The number of pyridine rings is 1. The summed E-state index contributed by atoms with van der Waals surface area (Å²) in [7, 11) is 0. The Morgan fingerprint density at radius 2 is 1.46 bits per heavy atom. The summed E-state index contributed by atoms with van der Waals surface area (Å²) in [5.41, 5.74) is 6.06. The predicted molar refractivity (Wildman–Crippen MR) is 146 cm³/mol. The number of aromatic nitrogens is 3. The molecule has 0 saturated carbocycles. The Morgan fingerprint density at radius 3 is 2.20 bits per heavy atom. The number of piperazine rings is 1. The van der Waals surface area contributed by atoms with E-state index >= 15 is 0 Å². The molecule has 5 aromatic rings. The van der Waals surface area contributed by atoms with Crippen molar-refractivity contribution in [2.45, 2.75) is 13.8 Å². The Labute approximate surface area is 209 Å². The Morgan fingerprint density at radius 1 is 0.743 bits per heavy atom. The monoisotopic (exact) mass is 477 g/mol. The Hall–Kier alpha value is -3.77. The molecule has 0 amide bonds. The van der Waals surface area contributed by atoms with Gasteiger partial charge >= 0.3 is 0 Å². The first kappa shape index (κ1) is 21.7. The third-order valence-electron chi connectivity index (χ3n) is 6.73. The zero-order chi connectivity index (χ0) is 23.8. The standard InChI is InChI=1S/C29H27N5S/c1-20-9-6-7-13-24(20)33-15-17-34(18-16-33)28-26-25(22-10-4-3-5-11-22)21(2)35-29(26)32-27(31-28)23-12-8-14-30-19-23/h3-14,19H,15-18H2,1-2H3. The van der Waals surface area contributed by atoms with Gasteiger partial charge in [-0.1, -0.05) is 48.5 Å². The maximum atomic E-state index is 5.17. The minimum Gasteiger partial charge on any atom is -0.368 e. The fourth-order valence-electron chi connectivity index (χ4n) is 4.98. The van der Waals surface area contributed by atoms with Gasteiger partial charge in [-0.25, -0.2) is 9.97 Å². The third kappa shape index (κ3) is 4.04. The number of rotatable bonds is 4. The summed E-state index contributed by atoms with van der Waals surface area (Å²) in [6.07, 6.45) is 3.64. The fourth-order valence-corrected chi connectivity index (χ4v) is 6.02. The molecule has 0 radical (unpaired) electrons. The van der Waals surface area contributed by atoms with Crippen LogP contribution < -0.4 is 9.80 Å². The van der Waals surface area contributed by atoms with Crippen molar-refractivity contribution in [1.82, 2.24) is 15.0 Å². The number of anilines is 2. The highest BCUT2D eigenvalue weighted by molar-refractivity contribution is 7.19. The SMILES string of the molecule is Cc1ccccc1N1CCN(c2nc(-c3cccnc3)nc3sc(C)c(-c4ccccc4)c23)CC1. The molecule has 4 heterocycles. The summed E-state index contributed by atoms with van der Waals surface area (Å²) in [6, 6.07) is 23.3. The lowest BCUT2D eigenvalue weighted by Gasteiger charge is -2.37. The molecule has 3 aromatic heterocycles. The Balaban J connectivity index is 1.45. The van der Waals surface area contributed by atoms with Gasteiger partial charge in [-0.15, -0.1) is 11.3 Å². The smallest absolute Gasteiger partial charge is 0.164 e. The number of hydrogen-bond acceptors (Lipinski definition) is 6. The van der Waals surface area contributed by atoms with Crippen LogP contribution in [0.4, 0.5) is 11.5 Å². The summed E-state index contributed by atoms with van der Waals surface area (Å²) in [5, 5.41) is 1.16. The van der Waals surface area contributed by atoms with Crippen molar-refractivity contribution < 1.29 is 0 Å². The van der Waals surface area contributed by atoms with Crippen molar-refractivity contribution in [3.63, 3.8) is 0 Å². The fraction of sp³-hybridized carbons (Fsp3) is 0.207. The number of aryl methyl sites for hydroxylation is 2. The molecule has 174 valence electrons. The van der Waals surface area contributed by atoms with Crippen LogP contribution in [0.1, 0.15) is 10.4 Å². The van der Waals surface area contributed by atoms with Crippen molar-refractivity contribution in [3.05, 3.63) is 89.6 Å². The lowest BCUT2D eigenvalue weighted by molar-refractivity contribution is 0.648. The van der Waals surface area contributed by atoms with E-state index in [9.17, 15) is 0 Å². The lowest BCUT2D eigenvalue weighted by atomic mass is 10.0. The van der Waals surface area contributed by atoms with Gasteiger partial charge in [0.25, 0.3) is 0 Å². The number of thiophene rings is 1. The molecule has 0 N–H and O–H groups in total. The first-order chi connectivity index (χ1) is 17.2. The van der Waals surface area contributed by atoms with Gasteiger partial charge < -0.3 is 9.80 Å². The van der Waals surface area contributed by atoms with Crippen molar-refractivity contribution in [3.8, 4) is 22.5 Å². The number of para-hydroxylation sites is 1. The summed E-state index contributed by atoms with van der Waals surface area (Å²) >= 11 is 1.75. The largest absolute Gasteiger partial charge is 0.368 e. The molecule has 1 aliphatic rings. The summed E-state index contributed by atoms with van der Waals surface area (Å²) in [6.45, 7) is 8.13. The molecule has 1 fully saturated rings. The highest BCUT2D eigenvalue weighted by Crippen LogP contribution is 2.43. The van der Waals surface area contributed by atoms with Crippen molar-refractivity contribution in [2.75, 3.05) is 36.0 Å². The van der Waals surface area contributed by atoms with Crippen LogP contribution in [0.15, 0.2) is 79.1 Å². The van der Waals surface area contributed by atoms with Crippen LogP contribution in [0.3, 0.4) is 0 Å². The van der Waals surface area contributed by atoms with E-state index in [1.807, 2.05) is 18.3 Å². The molecule has 0 unspecified atom stereocenters. The van der Waals surface area contributed by atoms with Crippen molar-refractivity contribution >= 4 is 33.1 Å². The van der Waals surface area contributed by atoms with E-state index in [1.165, 1.54) is 27.3 Å². The van der Waals surface area contributed by atoms with Crippen LogP contribution in [0.2, 0.25) is 0 Å². The average molecular weight is 478 g/mol. The van der Waals surface area contributed by atoms with Gasteiger partial charge in [-0.2, -0.15) is 0 Å². The topological polar surface area (TPSA) is 45.2 Å². The Kier molecular flexibility index (Phi) is 5.66. The van der Waals surface area contributed by atoms with Crippen LogP contribution in [0.25, 0.3) is 32.7 Å². The van der Waals surface area contributed by atoms with Crippen LogP contribution in [0.5, 0.6) is 0 Å². The quantitative estimate of drug-likeness (QED) is 0.301. The zero-order valence-electron chi connectivity index (χ0n) is 20.0. The summed E-state index contributed by atoms with van der Waals surface area (Å²) in [4.78, 5) is 21.7. The molecule has 0 atom stereocenters. The first-order valence-electron chi connectivity index (χ1n) is 12.0. The molecule has 1 aliphatic heterocycles. The summed E-state index contributed by atoms with van der Waals surface area (Å²) < 4.78 is 0. The minimum absolute atomic E-state index is 0.739. The normalized spacial score (nSPS) is 14.0. The first-order valence-corrected chi connectivity index (χ1v) is 12.8. The second kappa shape index (κ2) is 9.12. The van der Waals surface area contributed by atoms with E-state index < -0.39 is 0 Å². The van der Waals surface area contributed by atoms with Crippen molar-refractivity contribution in [2.24, 2.45) is 0 Å². The van der Waals surface area contributed by atoms with Crippen LogP contribution in [0, 0.1) is 13.8 Å². The summed E-state index contributed by atoms with van der Waals surface area (Å²) in [5.74, 6) is 1.77. The molecule has 5 nitrogen and oxygen atoms in total. The van der Waals surface area contributed by atoms with Gasteiger partial charge in [0.1, 0.15) is 10.6 Å². The second-order valence-corrected chi connectivity index (χ2v) is 10.2. The molecule has 6 rings (SSSR count). The van der Waals surface area contributed by atoms with Gasteiger partial charge in [-0.3, -0.25) is 4.98 Å². The molecular formula is C29H27N5S. The second-order valence-electron chi connectivity index (χ2n) is 8.95. The van der Waals surface area contributed by atoms with Gasteiger partial charge in [-0.05, 0) is 43.2 Å². The number of fused-ring (bicyclic) bond motifs is 1. The van der Waals surface area contributed by atoms with Gasteiger partial charge in [0.2, 0.25) is 0 Å². The van der Waals surface area contributed by atoms with Crippen molar-refractivity contribution in [1.29, 1.82) is 0 Å². The van der Waals surface area contributed by atoms with E-state index in [0.717, 1.165) is 53.6 Å². The van der Waals surface area contributed by atoms with E-state index in [0.29, 0.717) is 0 Å². The van der Waals surface area contributed by atoms with Gasteiger partial charge in [0.15, 0.2) is 5.82 Å². The highest BCUT2D eigenvalue weighted by atomic mass is 32.1. The maximum absolute atomic E-state index is 5.17. The average Bonchev–Trinajstić information content (AvgIpc) is 3.25. The predicted octanol–water partition coefficient (Wildman–Crippen LogP) is 6.36.